The molecular weight excluding hydrogens is 326 g/mol. The Morgan fingerprint density at radius 2 is 2.12 bits per heavy atom. The summed E-state index contributed by atoms with van der Waals surface area (Å²) in [6, 6.07) is 13.6. The molecule has 24 heavy (non-hydrogen) atoms. The van der Waals surface area contributed by atoms with Crippen LogP contribution in [0.1, 0.15) is 40.1 Å². The summed E-state index contributed by atoms with van der Waals surface area (Å²) < 4.78 is 10.9. The number of benzene rings is 2. The van der Waals surface area contributed by atoms with Gasteiger partial charge in [-0.05, 0) is 30.2 Å². The number of esters is 1. The maximum Gasteiger partial charge on any atom is 0.339 e. The third-order valence-corrected chi connectivity index (χ3v) is 5.12. The Kier molecular flexibility index (Phi) is 3.94. The molecule has 0 unspecified atom stereocenters. The molecule has 0 amide bonds. The molecular formula is C19H18ClNO3. The van der Waals surface area contributed by atoms with Gasteiger partial charge in [-0.2, -0.15) is 0 Å². The molecule has 1 N–H and O–H groups in total. The Morgan fingerprint density at radius 3 is 2.92 bits per heavy atom. The van der Waals surface area contributed by atoms with Crippen molar-refractivity contribution in [3.63, 3.8) is 0 Å². The lowest BCUT2D eigenvalue weighted by atomic mass is 9.80. The van der Waals surface area contributed by atoms with Gasteiger partial charge in [0.05, 0.1) is 30.5 Å². The van der Waals surface area contributed by atoms with Crippen molar-refractivity contribution in [1.82, 2.24) is 0 Å². The Hall–Kier alpha value is -2.04. The van der Waals surface area contributed by atoms with E-state index >= 15 is 0 Å². The minimum atomic E-state index is -0.347. The highest BCUT2D eigenvalue weighted by atomic mass is 35.5. The minimum absolute atomic E-state index is 0.0187. The summed E-state index contributed by atoms with van der Waals surface area (Å²) >= 11 is 6.18. The molecule has 0 radical (unpaired) electrons. The average Bonchev–Trinajstić information content (AvgIpc) is 3.09. The molecule has 4 rings (SSSR count). The zero-order valence-corrected chi connectivity index (χ0v) is 14.0. The molecule has 2 aromatic carbocycles. The normalized spacial score (nSPS) is 24.7. The topological polar surface area (TPSA) is 47.6 Å². The summed E-state index contributed by atoms with van der Waals surface area (Å²) in [5.41, 5.74) is 3.47. The van der Waals surface area contributed by atoms with Crippen molar-refractivity contribution in [3.05, 3.63) is 64.2 Å². The summed E-state index contributed by atoms with van der Waals surface area (Å²) in [7, 11) is 1.40. The number of carbonyl (C=O) groups excluding carboxylic acids is 1. The van der Waals surface area contributed by atoms with E-state index in [0.29, 0.717) is 16.5 Å². The third kappa shape index (κ3) is 2.46. The van der Waals surface area contributed by atoms with E-state index in [4.69, 9.17) is 21.1 Å². The summed E-state index contributed by atoms with van der Waals surface area (Å²) in [5, 5.41) is 4.26. The van der Waals surface area contributed by atoms with Crippen LogP contribution < -0.4 is 5.32 Å². The van der Waals surface area contributed by atoms with Crippen molar-refractivity contribution in [2.45, 2.75) is 18.6 Å². The number of hydrogen-bond acceptors (Lipinski definition) is 4. The van der Waals surface area contributed by atoms with Gasteiger partial charge in [0.15, 0.2) is 0 Å². The van der Waals surface area contributed by atoms with Gasteiger partial charge in [0.25, 0.3) is 0 Å². The van der Waals surface area contributed by atoms with E-state index in [1.54, 1.807) is 6.07 Å². The van der Waals surface area contributed by atoms with Gasteiger partial charge in [-0.1, -0.05) is 35.9 Å². The number of para-hydroxylation sites is 1. The number of methoxy groups -OCH3 is 1. The molecule has 0 bridgehead atoms. The summed E-state index contributed by atoms with van der Waals surface area (Å²) in [6.07, 6.45) is 0.950. The SMILES string of the molecule is COC(=O)c1cccc2c1N[C@@H](c1cccc(Cl)c1)[C@H]1CCO[C@@H]21. The summed E-state index contributed by atoms with van der Waals surface area (Å²) in [5.74, 6) is -0.0375. The smallest absolute Gasteiger partial charge is 0.339 e. The summed E-state index contributed by atoms with van der Waals surface area (Å²) in [6.45, 7) is 0.718. The molecule has 4 nitrogen and oxygen atoms in total. The molecule has 0 aliphatic carbocycles. The lowest BCUT2D eigenvalue weighted by Crippen LogP contribution is -2.30. The minimum Gasteiger partial charge on any atom is -0.465 e. The van der Waals surface area contributed by atoms with Gasteiger partial charge in [-0.25, -0.2) is 4.79 Å². The van der Waals surface area contributed by atoms with Gasteiger partial charge >= 0.3 is 5.97 Å². The Labute approximate surface area is 145 Å². The van der Waals surface area contributed by atoms with Crippen molar-refractivity contribution in [1.29, 1.82) is 0 Å². The van der Waals surface area contributed by atoms with Gasteiger partial charge in [0.1, 0.15) is 0 Å². The molecule has 5 heteroatoms. The van der Waals surface area contributed by atoms with Gasteiger partial charge in [-0.15, -0.1) is 0 Å². The molecule has 0 spiro atoms. The average molecular weight is 344 g/mol. The summed E-state index contributed by atoms with van der Waals surface area (Å²) in [4.78, 5) is 12.2. The first-order valence-corrected chi connectivity index (χ1v) is 8.41. The van der Waals surface area contributed by atoms with Crippen LogP contribution in [-0.2, 0) is 9.47 Å². The Bertz CT molecular complexity index is 792. The number of ether oxygens (including phenoxy) is 2. The number of nitrogens with one attached hydrogen (secondary N) is 1. The van der Waals surface area contributed by atoms with Crippen LogP contribution in [0.25, 0.3) is 0 Å². The molecule has 1 saturated heterocycles. The first-order valence-electron chi connectivity index (χ1n) is 8.04. The van der Waals surface area contributed by atoms with E-state index in [2.05, 4.69) is 11.4 Å². The van der Waals surface area contributed by atoms with E-state index in [1.807, 2.05) is 30.3 Å². The molecule has 0 saturated carbocycles. The van der Waals surface area contributed by atoms with Crippen LogP contribution in [0.5, 0.6) is 0 Å². The van der Waals surface area contributed by atoms with Crippen molar-refractivity contribution in [3.8, 4) is 0 Å². The highest BCUT2D eigenvalue weighted by molar-refractivity contribution is 6.30. The monoisotopic (exact) mass is 343 g/mol. The lowest BCUT2D eigenvalue weighted by molar-refractivity contribution is 0.0598. The second-order valence-electron chi connectivity index (χ2n) is 6.18. The van der Waals surface area contributed by atoms with Crippen LogP contribution in [0.15, 0.2) is 42.5 Å². The van der Waals surface area contributed by atoms with E-state index in [9.17, 15) is 4.79 Å². The van der Waals surface area contributed by atoms with E-state index in [-0.39, 0.29) is 18.1 Å². The quantitative estimate of drug-likeness (QED) is 0.822. The fourth-order valence-electron chi connectivity index (χ4n) is 3.81. The third-order valence-electron chi connectivity index (χ3n) is 4.88. The number of hydrogen-bond donors (Lipinski definition) is 1. The number of fused-ring (bicyclic) bond motifs is 3. The van der Waals surface area contributed by atoms with Crippen molar-refractivity contribution >= 4 is 23.3 Å². The van der Waals surface area contributed by atoms with Crippen LogP contribution in [0.3, 0.4) is 0 Å². The molecule has 2 aliphatic heterocycles. The molecule has 2 aliphatic rings. The molecule has 1 fully saturated rings. The van der Waals surface area contributed by atoms with Gasteiger partial charge in [0.2, 0.25) is 0 Å². The first kappa shape index (κ1) is 15.5. The fourth-order valence-corrected chi connectivity index (χ4v) is 4.01. The predicted molar refractivity (Wildman–Crippen MR) is 92.4 cm³/mol. The van der Waals surface area contributed by atoms with Gasteiger partial charge < -0.3 is 14.8 Å². The first-order chi connectivity index (χ1) is 11.7. The number of anilines is 1. The Balaban J connectivity index is 1.82. The maximum atomic E-state index is 12.2. The number of halogens is 1. The second kappa shape index (κ2) is 6.11. The van der Waals surface area contributed by atoms with Crippen molar-refractivity contribution in [2.75, 3.05) is 19.0 Å². The van der Waals surface area contributed by atoms with Crippen LogP contribution >= 0.6 is 11.6 Å². The maximum absolute atomic E-state index is 12.2. The van der Waals surface area contributed by atoms with E-state index < -0.39 is 0 Å². The van der Waals surface area contributed by atoms with Crippen LogP contribution in [0, 0.1) is 5.92 Å². The zero-order valence-electron chi connectivity index (χ0n) is 13.3. The standard InChI is InChI=1S/C19H18ClNO3/c1-23-19(22)15-7-3-6-13-17(15)21-16(14-8-9-24-18(13)14)11-4-2-5-12(20)10-11/h2-7,10,14,16,18,21H,8-9H2,1H3/t14-,16+,18+/m1/s1. The fraction of sp³-hybridized carbons (Fsp3) is 0.316. The van der Waals surface area contributed by atoms with Crippen molar-refractivity contribution in [2.24, 2.45) is 5.92 Å². The predicted octanol–water partition coefficient (Wildman–Crippen LogP) is 4.37. The number of carbonyl (C=O) groups is 1. The van der Waals surface area contributed by atoms with Crippen LogP contribution in [0.4, 0.5) is 5.69 Å². The second-order valence-corrected chi connectivity index (χ2v) is 6.62. The van der Waals surface area contributed by atoms with E-state index in [0.717, 1.165) is 29.8 Å². The molecule has 2 heterocycles. The molecule has 0 aromatic heterocycles. The molecule has 3 atom stereocenters. The van der Waals surface area contributed by atoms with E-state index in [1.165, 1.54) is 7.11 Å². The van der Waals surface area contributed by atoms with Gasteiger partial charge in [-0.3, -0.25) is 0 Å². The molecule has 2 aromatic rings. The van der Waals surface area contributed by atoms with Crippen LogP contribution in [0.2, 0.25) is 5.02 Å². The number of rotatable bonds is 2. The van der Waals surface area contributed by atoms with Crippen LogP contribution in [-0.4, -0.2) is 19.7 Å². The highest BCUT2D eigenvalue weighted by Gasteiger charge is 2.42. The lowest BCUT2D eigenvalue weighted by Gasteiger charge is -2.37. The van der Waals surface area contributed by atoms with Gasteiger partial charge in [0, 0.05) is 23.1 Å². The zero-order chi connectivity index (χ0) is 16.7. The van der Waals surface area contributed by atoms with Crippen molar-refractivity contribution < 1.29 is 14.3 Å². The highest BCUT2D eigenvalue weighted by Crippen LogP contribution is 2.50. The largest absolute Gasteiger partial charge is 0.465 e. The Morgan fingerprint density at radius 1 is 1.29 bits per heavy atom. The molecule has 124 valence electrons.